The second kappa shape index (κ2) is 5.62. The molecule has 0 unspecified atom stereocenters. The average molecular weight is 318 g/mol. The lowest BCUT2D eigenvalue weighted by Crippen LogP contribution is -2.26. The lowest BCUT2D eigenvalue weighted by Gasteiger charge is -2.12. The molecule has 0 fully saturated rings. The van der Waals surface area contributed by atoms with Crippen molar-refractivity contribution in [2.75, 3.05) is 5.73 Å². The van der Waals surface area contributed by atoms with Crippen LogP contribution in [0.25, 0.3) is 16.9 Å². The van der Waals surface area contributed by atoms with E-state index in [2.05, 4.69) is 15.0 Å². The van der Waals surface area contributed by atoms with Crippen LogP contribution in [0.4, 0.5) is 5.69 Å². The first-order valence-electron chi connectivity index (χ1n) is 7.41. The van der Waals surface area contributed by atoms with Gasteiger partial charge in [0.25, 0.3) is 5.56 Å². The monoisotopic (exact) mass is 318 g/mol. The van der Waals surface area contributed by atoms with E-state index in [0.717, 1.165) is 0 Å². The quantitative estimate of drug-likeness (QED) is 0.579. The van der Waals surface area contributed by atoms with Crippen LogP contribution >= 0.6 is 0 Å². The molecule has 0 bridgehead atoms. The summed E-state index contributed by atoms with van der Waals surface area (Å²) >= 11 is 0. The fraction of sp³-hybridized carbons (Fsp3) is 0.0588. The van der Waals surface area contributed by atoms with Crippen molar-refractivity contribution in [1.29, 1.82) is 0 Å². The van der Waals surface area contributed by atoms with Crippen LogP contribution in [0.15, 0.2) is 66.1 Å². The number of benzene rings is 1. The van der Waals surface area contributed by atoms with Crippen LogP contribution in [0, 0.1) is 0 Å². The molecular formula is C17H14N6O. The summed E-state index contributed by atoms with van der Waals surface area (Å²) in [6.07, 6.45) is 6.75. The molecule has 0 aliphatic carbocycles. The number of hydrogen-bond donors (Lipinski definition) is 1. The number of fused-ring (bicyclic) bond motifs is 1. The van der Waals surface area contributed by atoms with Crippen molar-refractivity contribution >= 4 is 16.9 Å². The minimum atomic E-state index is -0.222. The van der Waals surface area contributed by atoms with Gasteiger partial charge in [-0.05, 0) is 30.3 Å². The Morgan fingerprint density at radius 3 is 2.83 bits per heavy atom. The van der Waals surface area contributed by atoms with E-state index in [9.17, 15) is 4.79 Å². The molecule has 1 aromatic carbocycles. The van der Waals surface area contributed by atoms with Crippen molar-refractivity contribution in [2.24, 2.45) is 0 Å². The third kappa shape index (κ3) is 2.41. The summed E-state index contributed by atoms with van der Waals surface area (Å²) in [5.74, 6) is 0. The van der Waals surface area contributed by atoms with Gasteiger partial charge in [0, 0.05) is 24.3 Å². The first-order chi connectivity index (χ1) is 11.7. The number of hydrogen-bond acceptors (Lipinski definition) is 5. The lowest BCUT2D eigenvalue weighted by atomic mass is 10.2. The Balaban J connectivity index is 2.00. The number of aromatic nitrogens is 5. The minimum Gasteiger partial charge on any atom is -0.399 e. The number of nitrogens with two attached hydrogens (primary N) is 1. The van der Waals surface area contributed by atoms with Gasteiger partial charge in [-0.25, -0.2) is 15.0 Å². The zero-order chi connectivity index (χ0) is 16.5. The number of anilines is 1. The molecule has 0 amide bonds. The number of imidazole rings is 1. The zero-order valence-corrected chi connectivity index (χ0v) is 12.7. The van der Waals surface area contributed by atoms with E-state index in [0.29, 0.717) is 34.8 Å². The van der Waals surface area contributed by atoms with E-state index in [1.165, 1.54) is 0 Å². The van der Waals surface area contributed by atoms with E-state index in [1.54, 1.807) is 52.3 Å². The Morgan fingerprint density at radius 2 is 2.04 bits per heavy atom. The topological polar surface area (TPSA) is 91.6 Å². The van der Waals surface area contributed by atoms with E-state index in [-0.39, 0.29) is 5.56 Å². The van der Waals surface area contributed by atoms with Gasteiger partial charge in [-0.2, -0.15) is 0 Å². The van der Waals surface area contributed by atoms with Crippen molar-refractivity contribution in [3.05, 3.63) is 77.4 Å². The molecule has 0 atom stereocenters. The molecule has 7 nitrogen and oxygen atoms in total. The van der Waals surface area contributed by atoms with Gasteiger partial charge >= 0.3 is 0 Å². The van der Waals surface area contributed by atoms with Crippen LogP contribution in [0.2, 0.25) is 0 Å². The van der Waals surface area contributed by atoms with Crippen LogP contribution in [0.5, 0.6) is 0 Å². The van der Waals surface area contributed by atoms with E-state index >= 15 is 0 Å². The number of pyridine rings is 1. The Hall–Kier alpha value is -3.48. The normalized spacial score (nSPS) is 11.0. The number of nitrogen functional groups attached to an aromatic ring is 1. The second-order valence-corrected chi connectivity index (χ2v) is 5.38. The largest absolute Gasteiger partial charge is 0.399 e. The Kier molecular flexibility index (Phi) is 3.31. The Morgan fingerprint density at radius 1 is 1.12 bits per heavy atom. The summed E-state index contributed by atoms with van der Waals surface area (Å²) < 4.78 is 3.35. The summed E-state index contributed by atoms with van der Waals surface area (Å²) in [6, 6.07) is 10.8. The molecule has 2 N–H and O–H groups in total. The van der Waals surface area contributed by atoms with Crippen molar-refractivity contribution in [1.82, 2.24) is 24.1 Å². The second-order valence-electron chi connectivity index (χ2n) is 5.38. The average Bonchev–Trinajstić information content (AvgIpc) is 3.09. The van der Waals surface area contributed by atoms with Crippen LogP contribution < -0.4 is 11.3 Å². The fourth-order valence-corrected chi connectivity index (χ4v) is 2.63. The van der Waals surface area contributed by atoms with Gasteiger partial charge in [0.05, 0.1) is 18.6 Å². The molecule has 0 spiro atoms. The number of rotatable bonds is 3. The van der Waals surface area contributed by atoms with Gasteiger partial charge < -0.3 is 10.3 Å². The summed E-state index contributed by atoms with van der Waals surface area (Å²) in [5.41, 5.74) is 8.46. The van der Waals surface area contributed by atoms with Gasteiger partial charge in [-0.15, -0.1) is 0 Å². The van der Waals surface area contributed by atoms with E-state index in [1.807, 2.05) is 18.2 Å². The summed E-state index contributed by atoms with van der Waals surface area (Å²) in [6.45, 7) is 0.339. The van der Waals surface area contributed by atoms with Gasteiger partial charge in [0.2, 0.25) is 0 Å². The molecule has 3 aromatic heterocycles. The first-order valence-corrected chi connectivity index (χ1v) is 7.41. The molecule has 0 aliphatic rings. The summed E-state index contributed by atoms with van der Waals surface area (Å²) in [4.78, 5) is 25.8. The lowest BCUT2D eigenvalue weighted by molar-refractivity contribution is 0.753. The third-order valence-electron chi connectivity index (χ3n) is 3.70. The maximum Gasteiger partial charge on any atom is 0.280 e. The molecule has 7 heteroatoms. The Bertz CT molecular complexity index is 1070. The minimum absolute atomic E-state index is 0.222. The molecule has 4 aromatic rings. The van der Waals surface area contributed by atoms with Crippen molar-refractivity contribution in [3.8, 4) is 5.69 Å². The SMILES string of the molecule is Nc1cccc(-n2c(=O)c(Cn3ccnc3)nc3cccnc32)c1. The summed E-state index contributed by atoms with van der Waals surface area (Å²) in [5, 5.41) is 0. The van der Waals surface area contributed by atoms with E-state index in [4.69, 9.17) is 5.73 Å². The van der Waals surface area contributed by atoms with Crippen molar-refractivity contribution in [3.63, 3.8) is 0 Å². The molecule has 4 rings (SSSR count). The van der Waals surface area contributed by atoms with Crippen LogP contribution in [0.1, 0.15) is 5.69 Å². The van der Waals surface area contributed by atoms with Gasteiger partial charge in [-0.3, -0.25) is 9.36 Å². The maximum atomic E-state index is 13.0. The van der Waals surface area contributed by atoms with Crippen LogP contribution in [-0.2, 0) is 6.54 Å². The zero-order valence-electron chi connectivity index (χ0n) is 12.7. The number of nitrogens with zero attached hydrogens (tertiary/aromatic N) is 5. The van der Waals surface area contributed by atoms with Crippen molar-refractivity contribution < 1.29 is 0 Å². The van der Waals surface area contributed by atoms with Gasteiger partial charge in [0.15, 0.2) is 5.65 Å². The van der Waals surface area contributed by atoms with Gasteiger partial charge in [-0.1, -0.05) is 6.07 Å². The summed E-state index contributed by atoms with van der Waals surface area (Å²) in [7, 11) is 0. The molecular weight excluding hydrogens is 304 g/mol. The van der Waals surface area contributed by atoms with Crippen molar-refractivity contribution in [2.45, 2.75) is 6.54 Å². The molecule has 0 saturated carbocycles. The molecule has 24 heavy (non-hydrogen) atoms. The molecule has 0 saturated heterocycles. The fourth-order valence-electron chi connectivity index (χ4n) is 2.63. The van der Waals surface area contributed by atoms with Gasteiger partial charge in [0.1, 0.15) is 11.2 Å². The highest BCUT2D eigenvalue weighted by molar-refractivity contribution is 5.72. The standard InChI is InChI=1S/C17H14N6O/c18-12-3-1-4-13(9-12)23-16-14(5-2-6-20-16)21-15(17(23)24)10-22-8-7-19-11-22/h1-9,11H,10,18H2. The Labute approximate surface area is 137 Å². The van der Waals surface area contributed by atoms with Crippen LogP contribution in [0.3, 0.4) is 0 Å². The predicted molar refractivity (Wildman–Crippen MR) is 90.9 cm³/mol. The highest BCUT2D eigenvalue weighted by Crippen LogP contribution is 2.16. The smallest absolute Gasteiger partial charge is 0.280 e. The highest BCUT2D eigenvalue weighted by Gasteiger charge is 2.14. The molecule has 0 radical (unpaired) electrons. The first kappa shape index (κ1) is 14.1. The molecule has 0 aliphatic heterocycles. The highest BCUT2D eigenvalue weighted by atomic mass is 16.1. The van der Waals surface area contributed by atoms with Crippen LogP contribution in [-0.4, -0.2) is 24.1 Å². The molecule has 3 heterocycles. The maximum absolute atomic E-state index is 13.0. The van der Waals surface area contributed by atoms with E-state index < -0.39 is 0 Å². The molecule has 118 valence electrons. The predicted octanol–water partition coefficient (Wildman–Crippen LogP) is 1.61. The third-order valence-corrected chi connectivity index (χ3v) is 3.70.